The Bertz CT molecular complexity index is 721. The van der Waals surface area contributed by atoms with Crippen LogP contribution < -0.4 is 0 Å². The molecule has 0 bridgehead atoms. The number of esters is 2. The van der Waals surface area contributed by atoms with E-state index in [0.29, 0.717) is 6.42 Å². The Morgan fingerprint density at radius 1 is 1.15 bits per heavy atom. The first kappa shape index (κ1) is 21.2. The molecule has 0 atom stereocenters. The van der Waals surface area contributed by atoms with Crippen molar-refractivity contribution < 1.29 is 19.1 Å². The third-order valence-electron chi connectivity index (χ3n) is 3.96. The van der Waals surface area contributed by atoms with E-state index in [-0.39, 0.29) is 24.8 Å². The predicted octanol–water partition coefficient (Wildman–Crippen LogP) is 3.98. The molecule has 0 aliphatic rings. The van der Waals surface area contributed by atoms with Gasteiger partial charge in [-0.2, -0.15) is 5.26 Å². The molecule has 0 radical (unpaired) electrons. The Kier molecular flexibility index (Phi) is 8.30. The average molecular weight is 355 g/mol. The van der Waals surface area contributed by atoms with E-state index in [2.05, 4.69) is 0 Å². The molecule has 0 N–H and O–H groups in total. The molecule has 0 spiro atoms. The third-order valence-corrected chi connectivity index (χ3v) is 3.96. The maximum Gasteiger partial charge on any atom is 0.349 e. The van der Waals surface area contributed by atoms with Gasteiger partial charge in [0.1, 0.15) is 24.9 Å². The van der Waals surface area contributed by atoms with Crippen LogP contribution in [0.1, 0.15) is 38.3 Å². The Balaban J connectivity index is 2.49. The monoisotopic (exact) mass is 355 g/mol. The van der Waals surface area contributed by atoms with Crippen LogP contribution in [0, 0.1) is 23.7 Å². The van der Waals surface area contributed by atoms with Crippen LogP contribution in [0.15, 0.2) is 42.0 Å². The first-order chi connectivity index (χ1) is 12.3. The predicted molar refractivity (Wildman–Crippen MR) is 99.9 cm³/mol. The SMILES string of the molecule is CCC(C)(C)C(=O)OCCOC(=O)/C(C#N)=C/C=C/c1ccc(C)cc1. The van der Waals surface area contributed by atoms with E-state index in [4.69, 9.17) is 14.7 Å². The summed E-state index contributed by atoms with van der Waals surface area (Å²) in [5, 5.41) is 9.07. The number of carbonyl (C=O) groups is 2. The molecule has 0 aromatic heterocycles. The normalized spacial score (nSPS) is 11.9. The van der Waals surface area contributed by atoms with Crippen molar-refractivity contribution in [3.8, 4) is 6.07 Å². The number of nitriles is 1. The Hall–Kier alpha value is -2.87. The number of hydrogen-bond donors (Lipinski definition) is 0. The summed E-state index contributed by atoms with van der Waals surface area (Å²) in [4.78, 5) is 23.7. The fourth-order valence-electron chi connectivity index (χ4n) is 1.77. The fourth-order valence-corrected chi connectivity index (χ4v) is 1.77. The lowest BCUT2D eigenvalue weighted by molar-refractivity contribution is -0.158. The number of allylic oxidation sites excluding steroid dienone is 2. The molecule has 5 heteroatoms. The zero-order chi connectivity index (χ0) is 19.6. The summed E-state index contributed by atoms with van der Waals surface area (Å²) < 4.78 is 10.0. The molecule has 1 aromatic rings. The van der Waals surface area contributed by atoms with Gasteiger partial charge >= 0.3 is 11.9 Å². The number of hydrogen-bond acceptors (Lipinski definition) is 5. The van der Waals surface area contributed by atoms with Gasteiger partial charge in [0.05, 0.1) is 5.41 Å². The summed E-state index contributed by atoms with van der Waals surface area (Å²) in [6.45, 7) is 7.35. The lowest BCUT2D eigenvalue weighted by atomic mass is 9.91. The smallest absolute Gasteiger partial charge is 0.349 e. The third kappa shape index (κ3) is 6.94. The number of aryl methyl sites for hydroxylation is 1. The van der Waals surface area contributed by atoms with Crippen LogP contribution >= 0.6 is 0 Å². The van der Waals surface area contributed by atoms with Gasteiger partial charge in [0, 0.05) is 0 Å². The van der Waals surface area contributed by atoms with Crippen LogP contribution in [0.5, 0.6) is 0 Å². The van der Waals surface area contributed by atoms with Crippen LogP contribution in [0.2, 0.25) is 0 Å². The molecule has 0 aliphatic carbocycles. The molecule has 0 unspecified atom stereocenters. The summed E-state index contributed by atoms with van der Waals surface area (Å²) in [6, 6.07) is 9.64. The first-order valence-electron chi connectivity index (χ1n) is 8.49. The van der Waals surface area contributed by atoms with Gasteiger partial charge in [-0.25, -0.2) is 4.79 Å². The molecule has 5 nitrogen and oxygen atoms in total. The Morgan fingerprint density at radius 2 is 1.77 bits per heavy atom. The minimum Gasteiger partial charge on any atom is -0.462 e. The first-order valence-corrected chi connectivity index (χ1v) is 8.49. The maximum absolute atomic E-state index is 11.9. The van der Waals surface area contributed by atoms with E-state index in [1.165, 1.54) is 6.08 Å². The molecule has 0 aliphatic heterocycles. The van der Waals surface area contributed by atoms with Gasteiger partial charge in [0.2, 0.25) is 0 Å². The molecule has 0 amide bonds. The number of benzene rings is 1. The standard InChI is InChI=1S/C21H25NO4/c1-5-21(3,4)20(24)26-14-13-25-19(23)18(15-22)8-6-7-17-11-9-16(2)10-12-17/h6-12H,5,13-14H2,1-4H3/b7-6+,18-8+. The second kappa shape index (κ2) is 10.2. The lowest BCUT2D eigenvalue weighted by Crippen LogP contribution is -2.27. The molecular weight excluding hydrogens is 330 g/mol. The number of ether oxygens (including phenoxy) is 2. The Labute approximate surface area is 154 Å². The van der Waals surface area contributed by atoms with Gasteiger partial charge in [0.25, 0.3) is 0 Å². The van der Waals surface area contributed by atoms with E-state index < -0.39 is 11.4 Å². The quantitative estimate of drug-likeness (QED) is 0.232. The van der Waals surface area contributed by atoms with Crippen LogP contribution in [0.4, 0.5) is 0 Å². The zero-order valence-electron chi connectivity index (χ0n) is 15.7. The van der Waals surface area contributed by atoms with Gasteiger partial charge in [-0.05, 0) is 38.8 Å². The number of nitrogens with zero attached hydrogens (tertiary/aromatic N) is 1. The van der Waals surface area contributed by atoms with Crippen molar-refractivity contribution in [1.82, 2.24) is 0 Å². The maximum atomic E-state index is 11.9. The summed E-state index contributed by atoms with van der Waals surface area (Å²) in [6.07, 6.45) is 5.46. The summed E-state index contributed by atoms with van der Waals surface area (Å²) in [7, 11) is 0. The molecule has 26 heavy (non-hydrogen) atoms. The van der Waals surface area contributed by atoms with Crippen molar-refractivity contribution in [2.75, 3.05) is 13.2 Å². The molecule has 138 valence electrons. The summed E-state index contributed by atoms with van der Waals surface area (Å²) >= 11 is 0. The van der Waals surface area contributed by atoms with Gasteiger partial charge in [-0.1, -0.05) is 48.9 Å². The molecule has 1 aromatic carbocycles. The average Bonchev–Trinajstić information content (AvgIpc) is 2.63. The topological polar surface area (TPSA) is 76.4 Å². The summed E-state index contributed by atoms with van der Waals surface area (Å²) in [5.41, 5.74) is 1.43. The van der Waals surface area contributed by atoms with Crippen LogP contribution in [-0.2, 0) is 19.1 Å². The lowest BCUT2D eigenvalue weighted by Gasteiger charge is -2.20. The van der Waals surface area contributed by atoms with Gasteiger partial charge < -0.3 is 9.47 Å². The number of carbonyl (C=O) groups excluding carboxylic acids is 2. The van der Waals surface area contributed by atoms with Gasteiger partial charge in [0.15, 0.2) is 0 Å². The van der Waals surface area contributed by atoms with E-state index in [1.54, 1.807) is 26.0 Å². The largest absolute Gasteiger partial charge is 0.462 e. The van der Waals surface area contributed by atoms with Gasteiger partial charge in [-0.15, -0.1) is 0 Å². The van der Waals surface area contributed by atoms with Crippen LogP contribution in [-0.4, -0.2) is 25.2 Å². The van der Waals surface area contributed by atoms with E-state index in [9.17, 15) is 9.59 Å². The minimum absolute atomic E-state index is 0.0358. The van der Waals surface area contributed by atoms with E-state index in [0.717, 1.165) is 11.1 Å². The van der Waals surface area contributed by atoms with Gasteiger partial charge in [-0.3, -0.25) is 4.79 Å². The second-order valence-corrected chi connectivity index (χ2v) is 6.47. The molecule has 0 saturated carbocycles. The van der Waals surface area contributed by atoms with Crippen molar-refractivity contribution in [2.45, 2.75) is 34.1 Å². The highest BCUT2D eigenvalue weighted by Gasteiger charge is 2.26. The highest BCUT2D eigenvalue weighted by atomic mass is 16.6. The fraction of sp³-hybridized carbons (Fsp3) is 0.381. The minimum atomic E-state index is -0.744. The number of rotatable bonds is 8. The molecule has 0 heterocycles. The highest BCUT2D eigenvalue weighted by molar-refractivity contribution is 5.93. The van der Waals surface area contributed by atoms with Crippen molar-refractivity contribution in [3.05, 3.63) is 53.1 Å². The van der Waals surface area contributed by atoms with Crippen LogP contribution in [0.3, 0.4) is 0 Å². The molecular formula is C21H25NO4. The highest BCUT2D eigenvalue weighted by Crippen LogP contribution is 2.21. The van der Waals surface area contributed by atoms with Crippen molar-refractivity contribution >= 4 is 18.0 Å². The second-order valence-electron chi connectivity index (χ2n) is 6.47. The Morgan fingerprint density at radius 3 is 2.35 bits per heavy atom. The molecule has 1 rings (SSSR count). The molecule has 0 fully saturated rings. The van der Waals surface area contributed by atoms with E-state index in [1.807, 2.05) is 44.2 Å². The van der Waals surface area contributed by atoms with Crippen LogP contribution in [0.25, 0.3) is 6.08 Å². The van der Waals surface area contributed by atoms with Crippen molar-refractivity contribution in [3.63, 3.8) is 0 Å². The van der Waals surface area contributed by atoms with Crippen molar-refractivity contribution in [1.29, 1.82) is 5.26 Å². The van der Waals surface area contributed by atoms with Crippen molar-refractivity contribution in [2.24, 2.45) is 5.41 Å². The molecule has 0 saturated heterocycles. The zero-order valence-corrected chi connectivity index (χ0v) is 15.7. The van der Waals surface area contributed by atoms with E-state index >= 15 is 0 Å². The summed E-state index contributed by atoms with van der Waals surface area (Å²) in [5.74, 6) is -1.08.